The monoisotopic (exact) mass is 187 g/mol. The van der Waals surface area contributed by atoms with Crippen LogP contribution in [0.15, 0.2) is 11.3 Å². The van der Waals surface area contributed by atoms with E-state index in [1.165, 1.54) is 6.92 Å². The molecule has 76 valence electrons. The maximum atomic E-state index is 10.3. The third-order valence-electron chi connectivity index (χ3n) is 1.58. The lowest BCUT2D eigenvalue weighted by Crippen LogP contribution is -2.24. The van der Waals surface area contributed by atoms with Gasteiger partial charge >= 0.3 is 0 Å². The third kappa shape index (κ3) is 5.25. The average Bonchev–Trinajstić information content (AvgIpc) is 2.10. The number of hydrogen-bond acceptors (Lipinski definition) is 4. The second-order valence-corrected chi connectivity index (χ2v) is 2.51. The van der Waals surface area contributed by atoms with Gasteiger partial charge in [-0.2, -0.15) is 0 Å². The van der Waals surface area contributed by atoms with E-state index < -0.39 is 5.97 Å². The molecule has 0 amide bonds. The molecule has 0 atom stereocenters. The molecule has 0 aliphatic heterocycles. The molecule has 0 saturated carbocycles. The predicted molar refractivity (Wildman–Crippen MR) is 45.8 cm³/mol. The highest BCUT2D eigenvalue weighted by atomic mass is 16.5. The van der Waals surface area contributed by atoms with Crippen molar-refractivity contribution in [3.63, 3.8) is 0 Å². The lowest BCUT2D eigenvalue weighted by Gasteiger charge is -2.10. The summed E-state index contributed by atoms with van der Waals surface area (Å²) < 4.78 is 10.1. The van der Waals surface area contributed by atoms with Crippen LogP contribution in [0.5, 0.6) is 0 Å². The number of carbonyl (C=O) groups is 1. The first kappa shape index (κ1) is 12.0. The molecule has 0 fully saturated rings. The SMILES string of the molecule is CCOCCO/C(C)=C(\C)C(=O)[O-]. The van der Waals surface area contributed by atoms with Crippen molar-refractivity contribution in [2.24, 2.45) is 0 Å². The van der Waals surface area contributed by atoms with Crippen LogP contribution < -0.4 is 5.11 Å². The Morgan fingerprint density at radius 3 is 2.38 bits per heavy atom. The summed E-state index contributed by atoms with van der Waals surface area (Å²) in [5.74, 6) is -0.825. The zero-order chi connectivity index (χ0) is 10.3. The van der Waals surface area contributed by atoms with Crippen molar-refractivity contribution in [2.75, 3.05) is 19.8 Å². The molecule has 4 heteroatoms. The van der Waals surface area contributed by atoms with Crippen LogP contribution in [0.25, 0.3) is 0 Å². The molecular weight excluding hydrogens is 172 g/mol. The van der Waals surface area contributed by atoms with E-state index in [4.69, 9.17) is 9.47 Å². The maximum absolute atomic E-state index is 10.3. The number of carboxylic acids is 1. The Morgan fingerprint density at radius 2 is 1.92 bits per heavy atom. The van der Waals surface area contributed by atoms with Crippen molar-refractivity contribution >= 4 is 5.97 Å². The second-order valence-electron chi connectivity index (χ2n) is 2.51. The average molecular weight is 187 g/mol. The molecular formula is C9H15O4-. The van der Waals surface area contributed by atoms with Gasteiger partial charge in [-0.15, -0.1) is 0 Å². The van der Waals surface area contributed by atoms with Gasteiger partial charge in [0.15, 0.2) is 0 Å². The van der Waals surface area contributed by atoms with Gasteiger partial charge in [0.2, 0.25) is 0 Å². The van der Waals surface area contributed by atoms with Crippen LogP contribution in [0.1, 0.15) is 20.8 Å². The molecule has 0 aromatic heterocycles. The lowest BCUT2D eigenvalue weighted by atomic mass is 10.3. The van der Waals surface area contributed by atoms with Gasteiger partial charge in [-0.1, -0.05) is 0 Å². The van der Waals surface area contributed by atoms with E-state index in [0.717, 1.165) is 0 Å². The molecule has 0 N–H and O–H groups in total. The molecule has 0 bridgehead atoms. The van der Waals surface area contributed by atoms with E-state index in [0.29, 0.717) is 25.6 Å². The Kier molecular flexibility index (Phi) is 5.97. The van der Waals surface area contributed by atoms with Crippen molar-refractivity contribution in [1.29, 1.82) is 0 Å². The number of hydrogen-bond donors (Lipinski definition) is 0. The molecule has 0 heterocycles. The highest BCUT2D eigenvalue weighted by Crippen LogP contribution is 2.03. The number of carbonyl (C=O) groups excluding carboxylic acids is 1. The van der Waals surface area contributed by atoms with Crippen LogP contribution in [0.2, 0.25) is 0 Å². The van der Waals surface area contributed by atoms with Crippen LogP contribution in [-0.4, -0.2) is 25.8 Å². The summed E-state index contributed by atoms with van der Waals surface area (Å²) in [5.41, 5.74) is 0.122. The van der Waals surface area contributed by atoms with Crippen LogP contribution in [-0.2, 0) is 14.3 Å². The number of ether oxygens (including phenoxy) is 2. The van der Waals surface area contributed by atoms with E-state index in [1.54, 1.807) is 6.92 Å². The number of allylic oxidation sites excluding steroid dienone is 1. The Hall–Kier alpha value is -1.03. The van der Waals surface area contributed by atoms with Crippen molar-refractivity contribution in [3.8, 4) is 0 Å². The van der Waals surface area contributed by atoms with E-state index >= 15 is 0 Å². The summed E-state index contributed by atoms with van der Waals surface area (Å²) in [6.07, 6.45) is 0. The van der Waals surface area contributed by atoms with Crippen LogP contribution in [0.3, 0.4) is 0 Å². The Balaban J connectivity index is 3.79. The van der Waals surface area contributed by atoms with Crippen LogP contribution in [0.4, 0.5) is 0 Å². The first-order valence-corrected chi connectivity index (χ1v) is 4.19. The number of rotatable bonds is 6. The van der Waals surface area contributed by atoms with Gasteiger partial charge in [-0.25, -0.2) is 0 Å². The Labute approximate surface area is 78.2 Å². The highest BCUT2D eigenvalue weighted by molar-refractivity contribution is 5.84. The van der Waals surface area contributed by atoms with Crippen LogP contribution >= 0.6 is 0 Å². The summed E-state index contributed by atoms with van der Waals surface area (Å²) in [5, 5.41) is 10.3. The Morgan fingerprint density at radius 1 is 1.31 bits per heavy atom. The minimum absolute atomic E-state index is 0.122. The van der Waals surface area contributed by atoms with E-state index in [-0.39, 0.29) is 5.57 Å². The largest absolute Gasteiger partial charge is 0.545 e. The molecule has 0 aromatic carbocycles. The molecule has 13 heavy (non-hydrogen) atoms. The van der Waals surface area contributed by atoms with Gasteiger partial charge in [0.25, 0.3) is 0 Å². The second kappa shape index (κ2) is 6.48. The fourth-order valence-corrected chi connectivity index (χ4v) is 0.650. The smallest absolute Gasteiger partial charge is 0.111 e. The maximum Gasteiger partial charge on any atom is 0.111 e. The summed E-state index contributed by atoms with van der Waals surface area (Å²) in [4.78, 5) is 10.3. The summed E-state index contributed by atoms with van der Waals surface area (Å²) in [6, 6.07) is 0. The zero-order valence-electron chi connectivity index (χ0n) is 8.25. The summed E-state index contributed by atoms with van der Waals surface area (Å²) in [6.45, 7) is 6.39. The van der Waals surface area contributed by atoms with Crippen LogP contribution in [0, 0.1) is 0 Å². The molecule has 0 radical (unpaired) electrons. The quantitative estimate of drug-likeness (QED) is 0.336. The van der Waals surface area contributed by atoms with Crippen molar-refractivity contribution in [2.45, 2.75) is 20.8 Å². The minimum atomic E-state index is -1.20. The molecule has 0 saturated heterocycles. The molecule has 0 aliphatic rings. The fraction of sp³-hybridized carbons (Fsp3) is 0.667. The van der Waals surface area contributed by atoms with Crippen molar-refractivity contribution in [3.05, 3.63) is 11.3 Å². The predicted octanol–water partition coefficient (Wildman–Crippen LogP) is 0.0833. The lowest BCUT2D eigenvalue weighted by molar-refractivity contribution is -0.299. The first-order valence-electron chi connectivity index (χ1n) is 4.19. The molecule has 0 spiro atoms. The van der Waals surface area contributed by atoms with E-state index in [2.05, 4.69) is 0 Å². The topological polar surface area (TPSA) is 58.6 Å². The van der Waals surface area contributed by atoms with Crippen molar-refractivity contribution in [1.82, 2.24) is 0 Å². The standard InChI is InChI=1S/C9H16O4/c1-4-12-5-6-13-8(3)7(2)9(10)11/h4-6H2,1-3H3,(H,10,11)/p-1/b8-7+. The summed E-state index contributed by atoms with van der Waals surface area (Å²) >= 11 is 0. The molecule has 0 aliphatic carbocycles. The summed E-state index contributed by atoms with van der Waals surface area (Å²) in [7, 11) is 0. The first-order chi connectivity index (χ1) is 6.09. The molecule has 0 aromatic rings. The van der Waals surface area contributed by atoms with Gasteiger partial charge < -0.3 is 19.4 Å². The number of carboxylic acid groups (broad SMARTS) is 1. The van der Waals surface area contributed by atoms with Gasteiger partial charge in [0, 0.05) is 12.2 Å². The van der Waals surface area contributed by atoms with E-state index in [1.807, 2.05) is 6.92 Å². The number of aliphatic carboxylic acids is 1. The Bertz CT molecular complexity index is 196. The van der Waals surface area contributed by atoms with Gasteiger partial charge in [0.1, 0.15) is 6.61 Å². The van der Waals surface area contributed by atoms with Gasteiger partial charge in [-0.3, -0.25) is 0 Å². The van der Waals surface area contributed by atoms with Gasteiger partial charge in [0.05, 0.1) is 18.3 Å². The highest BCUT2D eigenvalue weighted by Gasteiger charge is 1.98. The molecule has 0 unspecified atom stereocenters. The fourth-order valence-electron chi connectivity index (χ4n) is 0.650. The normalized spacial score (nSPS) is 12.2. The van der Waals surface area contributed by atoms with E-state index in [9.17, 15) is 9.90 Å². The van der Waals surface area contributed by atoms with Gasteiger partial charge in [-0.05, 0) is 20.8 Å². The van der Waals surface area contributed by atoms with Crippen molar-refractivity contribution < 1.29 is 19.4 Å². The molecule has 4 nitrogen and oxygen atoms in total. The third-order valence-corrected chi connectivity index (χ3v) is 1.58. The minimum Gasteiger partial charge on any atom is -0.545 e. The molecule has 0 rings (SSSR count). The zero-order valence-corrected chi connectivity index (χ0v) is 8.25.